The molecule has 0 aliphatic carbocycles. The fourth-order valence-corrected chi connectivity index (χ4v) is 1.61. The highest BCUT2D eigenvalue weighted by molar-refractivity contribution is 6.31. The number of rotatable bonds is 2. The van der Waals surface area contributed by atoms with Crippen LogP contribution in [0.5, 0.6) is 0 Å². The number of benzene rings is 1. The molecule has 0 bridgehead atoms. The maximum atomic E-state index is 13.5. The van der Waals surface area contributed by atoms with Crippen LogP contribution in [0.4, 0.5) is 15.9 Å². The zero-order valence-corrected chi connectivity index (χ0v) is 9.32. The number of hydrogen-bond donors (Lipinski definition) is 0. The second-order valence-electron chi connectivity index (χ2n) is 3.18. The van der Waals surface area contributed by atoms with Gasteiger partial charge in [0.25, 0.3) is 0 Å². The lowest BCUT2D eigenvalue weighted by Gasteiger charge is -2.18. The van der Waals surface area contributed by atoms with E-state index in [1.807, 2.05) is 0 Å². The predicted molar refractivity (Wildman–Crippen MR) is 61.5 cm³/mol. The molecule has 0 saturated carbocycles. The van der Waals surface area contributed by atoms with Gasteiger partial charge < -0.3 is 4.90 Å². The molecular formula is C11H9ClFN3. The average Bonchev–Trinajstić information content (AvgIpc) is 2.29. The lowest BCUT2D eigenvalue weighted by Crippen LogP contribution is -2.13. The minimum absolute atomic E-state index is 0.244. The highest BCUT2D eigenvalue weighted by atomic mass is 35.5. The van der Waals surface area contributed by atoms with Gasteiger partial charge in [-0.3, -0.25) is 0 Å². The minimum Gasteiger partial charge on any atom is -0.324 e. The minimum atomic E-state index is -0.327. The first kappa shape index (κ1) is 10.8. The van der Waals surface area contributed by atoms with Crippen LogP contribution in [0.25, 0.3) is 0 Å². The molecule has 5 heteroatoms. The molecule has 1 aromatic carbocycles. The van der Waals surface area contributed by atoms with E-state index < -0.39 is 0 Å². The Morgan fingerprint density at radius 1 is 1.19 bits per heavy atom. The largest absolute Gasteiger partial charge is 0.324 e. The average molecular weight is 238 g/mol. The van der Waals surface area contributed by atoms with Gasteiger partial charge in [-0.25, -0.2) is 14.4 Å². The molecule has 0 N–H and O–H groups in total. The van der Waals surface area contributed by atoms with E-state index in [0.717, 1.165) is 0 Å². The normalized spacial score (nSPS) is 10.2. The third kappa shape index (κ3) is 1.97. The van der Waals surface area contributed by atoms with Crippen molar-refractivity contribution in [1.82, 2.24) is 9.97 Å². The van der Waals surface area contributed by atoms with Crippen molar-refractivity contribution in [2.75, 3.05) is 11.9 Å². The lowest BCUT2D eigenvalue weighted by molar-refractivity contribution is 0.627. The lowest BCUT2D eigenvalue weighted by atomic mass is 10.3. The van der Waals surface area contributed by atoms with Gasteiger partial charge in [-0.05, 0) is 12.1 Å². The summed E-state index contributed by atoms with van der Waals surface area (Å²) < 4.78 is 13.5. The Kier molecular flexibility index (Phi) is 3.01. The first-order valence-corrected chi connectivity index (χ1v) is 5.02. The Morgan fingerprint density at radius 2 is 1.88 bits per heavy atom. The van der Waals surface area contributed by atoms with Crippen LogP contribution in [0.2, 0.25) is 5.15 Å². The Bertz CT molecular complexity index is 459. The van der Waals surface area contributed by atoms with Crippen molar-refractivity contribution in [2.45, 2.75) is 0 Å². The van der Waals surface area contributed by atoms with Gasteiger partial charge in [-0.1, -0.05) is 23.7 Å². The third-order valence-electron chi connectivity index (χ3n) is 2.17. The maximum Gasteiger partial charge on any atom is 0.172 e. The molecule has 0 radical (unpaired) electrons. The molecule has 16 heavy (non-hydrogen) atoms. The molecule has 0 aliphatic rings. The topological polar surface area (TPSA) is 29.0 Å². The van der Waals surface area contributed by atoms with Gasteiger partial charge in [0.05, 0.1) is 5.69 Å². The summed E-state index contributed by atoms with van der Waals surface area (Å²) in [6.45, 7) is 0. The monoisotopic (exact) mass is 237 g/mol. The van der Waals surface area contributed by atoms with Gasteiger partial charge in [0, 0.05) is 19.4 Å². The third-order valence-corrected chi connectivity index (χ3v) is 2.43. The van der Waals surface area contributed by atoms with E-state index in [2.05, 4.69) is 9.97 Å². The molecule has 82 valence electrons. The summed E-state index contributed by atoms with van der Waals surface area (Å²) in [4.78, 5) is 9.51. The van der Waals surface area contributed by atoms with E-state index in [0.29, 0.717) is 11.5 Å². The van der Waals surface area contributed by atoms with E-state index in [4.69, 9.17) is 11.6 Å². The number of halogens is 2. The van der Waals surface area contributed by atoms with Crippen molar-refractivity contribution in [2.24, 2.45) is 0 Å². The molecule has 0 fully saturated rings. The summed E-state index contributed by atoms with van der Waals surface area (Å²) in [5.41, 5.74) is 0.407. The van der Waals surface area contributed by atoms with Crippen LogP contribution in [0.15, 0.2) is 36.7 Å². The molecular weight excluding hydrogens is 229 g/mol. The highest BCUT2D eigenvalue weighted by Gasteiger charge is 2.13. The quantitative estimate of drug-likeness (QED) is 0.804. The van der Waals surface area contributed by atoms with Crippen LogP contribution < -0.4 is 4.90 Å². The summed E-state index contributed by atoms with van der Waals surface area (Å²) >= 11 is 5.88. The second-order valence-corrected chi connectivity index (χ2v) is 3.54. The van der Waals surface area contributed by atoms with Crippen molar-refractivity contribution in [3.8, 4) is 0 Å². The zero-order valence-electron chi connectivity index (χ0n) is 8.56. The van der Waals surface area contributed by atoms with Crippen LogP contribution in [0.3, 0.4) is 0 Å². The van der Waals surface area contributed by atoms with Gasteiger partial charge in [0.1, 0.15) is 5.82 Å². The molecule has 0 amide bonds. The van der Waals surface area contributed by atoms with Gasteiger partial charge in [-0.2, -0.15) is 0 Å². The van der Waals surface area contributed by atoms with Gasteiger partial charge in [0.2, 0.25) is 0 Å². The molecule has 3 nitrogen and oxygen atoms in total. The van der Waals surface area contributed by atoms with E-state index in [9.17, 15) is 4.39 Å². The Labute approximate surface area is 97.5 Å². The zero-order chi connectivity index (χ0) is 11.5. The van der Waals surface area contributed by atoms with Crippen LogP contribution >= 0.6 is 11.6 Å². The smallest absolute Gasteiger partial charge is 0.172 e. The molecule has 1 aromatic heterocycles. The fraction of sp³-hybridized carbons (Fsp3) is 0.0909. The molecule has 1 heterocycles. The molecule has 2 aromatic rings. The van der Waals surface area contributed by atoms with Crippen molar-refractivity contribution in [1.29, 1.82) is 0 Å². The van der Waals surface area contributed by atoms with E-state index >= 15 is 0 Å². The fourth-order valence-electron chi connectivity index (χ4n) is 1.38. The van der Waals surface area contributed by atoms with Crippen molar-refractivity contribution in [3.63, 3.8) is 0 Å². The van der Waals surface area contributed by atoms with Gasteiger partial charge in [0.15, 0.2) is 11.0 Å². The van der Waals surface area contributed by atoms with Crippen LogP contribution in [0, 0.1) is 5.82 Å². The van der Waals surface area contributed by atoms with Gasteiger partial charge >= 0.3 is 0 Å². The number of hydrogen-bond acceptors (Lipinski definition) is 3. The van der Waals surface area contributed by atoms with Gasteiger partial charge in [-0.15, -0.1) is 0 Å². The summed E-state index contributed by atoms with van der Waals surface area (Å²) in [6.07, 6.45) is 3.00. The predicted octanol–water partition coefficient (Wildman–Crippen LogP) is 3.04. The Balaban J connectivity index is 2.44. The van der Waals surface area contributed by atoms with Crippen LogP contribution in [0.1, 0.15) is 0 Å². The summed E-state index contributed by atoms with van der Waals surface area (Å²) in [5.74, 6) is 0.0981. The summed E-state index contributed by atoms with van der Waals surface area (Å²) in [7, 11) is 1.69. The second kappa shape index (κ2) is 4.45. The van der Waals surface area contributed by atoms with Crippen LogP contribution in [-0.4, -0.2) is 17.0 Å². The maximum absolute atomic E-state index is 13.5. The first-order valence-electron chi connectivity index (χ1n) is 4.65. The molecule has 0 saturated heterocycles. The van der Waals surface area contributed by atoms with Crippen molar-refractivity contribution in [3.05, 3.63) is 47.6 Å². The molecule has 0 atom stereocenters. The number of anilines is 2. The standard InChI is InChI=1S/C11H9ClFN3/c1-16(9-5-3-2-4-8(9)13)11-10(12)14-6-7-15-11/h2-7H,1H3. The van der Waals surface area contributed by atoms with Crippen molar-refractivity contribution < 1.29 is 4.39 Å². The Morgan fingerprint density at radius 3 is 2.56 bits per heavy atom. The molecule has 0 aliphatic heterocycles. The Hall–Kier alpha value is -1.68. The van der Waals surface area contributed by atoms with E-state index in [1.165, 1.54) is 18.5 Å². The molecule has 0 unspecified atom stereocenters. The van der Waals surface area contributed by atoms with E-state index in [-0.39, 0.29) is 11.0 Å². The van der Waals surface area contributed by atoms with Crippen molar-refractivity contribution >= 4 is 23.1 Å². The first-order chi connectivity index (χ1) is 7.70. The van der Waals surface area contributed by atoms with Crippen LogP contribution in [-0.2, 0) is 0 Å². The molecule has 2 rings (SSSR count). The summed E-state index contributed by atoms with van der Waals surface area (Å²) in [5, 5.41) is 0.244. The molecule has 0 spiro atoms. The number of para-hydroxylation sites is 1. The van der Waals surface area contributed by atoms with E-state index in [1.54, 1.807) is 30.1 Å². The number of aromatic nitrogens is 2. The SMILES string of the molecule is CN(c1ccccc1F)c1nccnc1Cl. The summed E-state index contributed by atoms with van der Waals surface area (Å²) in [6, 6.07) is 6.42. The highest BCUT2D eigenvalue weighted by Crippen LogP contribution is 2.27. The number of nitrogens with zero attached hydrogens (tertiary/aromatic N) is 3.